The number of hydrogen-bond acceptors (Lipinski definition) is 3. The van der Waals surface area contributed by atoms with Gasteiger partial charge >= 0.3 is 0 Å². The van der Waals surface area contributed by atoms with Crippen LogP contribution in [0.2, 0.25) is 0 Å². The van der Waals surface area contributed by atoms with Crippen LogP contribution < -0.4 is 5.32 Å². The maximum atomic E-state index is 11.2. The number of aliphatic hydroxyl groups excluding tert-OH is 2. The van der Waals surface area contributed by atoms with Gasteiger partial charge in [0.05, 0.1) is 18.2 Å². The van der Waals surface area contributed by atoms with Gasteiger partial charge in [-0.2, -0.15) is 0 Å². The summed E-state index contributed by atoms with van der Waals surface area (Å²) in [6.07, 6.45) is -0.976. The first kappa shape index (κ1) is 12.1. The molecule has 0 aromatic heterocycles. The Labute approximate surface area is 78.3 Å². The molecule has 4 nitrogen and oxygen atoms in total. The molecule has 0 fully saturated rings. The molecule has 0 bridgehead atoms. The molecule has 0 aromatic rings. The van der Waals surface area contributed by atoms with Gasteiger partial charge in [-0.1, -0.05) is 6.58 Å². The molecule has 0 rings (SSSR count). The van der Waals surface area contributed by atoms with Gasteiger partial charge in [-0.15, -0.1) is 0 Å². The molecule has 0 radical (unpaired) electrons. The minimum Gasteiger partial charge on any atom is -0.394 e. The molecule has 4 heteroatoms. The summed E-state index contributed by atoms with van der Waals surface area (Å²) in [5.74, 6) is -0.322. The monoisotopic (exact) mass is 187 g/mol. The average Bonchev–Trinajstić information content (AvgIpc) is 2.01. The Hall–Kier alpha value is -0.870. The zero-order valence-corrected chi connectivity index (χ0v) is 8.29. The third-order valence-corrected chi connectivity index (χ3v) is 1.83. The predicted octanol–water partition coefficient (Wildman–Crippen LogP) is -0.190. The van der Waals surface area contributed by atoms with E-state index in [9.17, 15) is 9.90 Å². The Balaban J connectivity index is 4.33. The third kappa shape index (κ3) is 3.57. The summed E-state index contributed by atoms with van der Waals surface area (Å²) < 4.78 is 0. The summed E-state index contributed by atoms with van der Waals surface area (Å²) in [6.45, 7) is 7.93. The normalized spacial score (nSPS) is 13.6. The van der Waals surface area contributed by atoms with E-state index in [0.29, 0.717) is 5.57 Å². The molecule has 0 aliphatic heterocycles. The molecule has 0 heterocycles. The van der Waals surface area contributed by atoms with Crippen LogP contribution in [-0.2, 0) is 4.79 Å². The van der Waals surface area contributed by atoms with Gasteiger partial charge in [0.25, 0.3) is 0 Å². The van der Waals surface area contributed by atoms with Gasteiger partial charge in [-0.3, -0.25) is 4.79 Å². The molecule has 1 atom stereocenters. The molecule has 0 aliphatic carbocycles. The van der Waals surface area contributed by atoms with Crippen LogP contribution in [0.25, 0.3) is 0 Å². The second-order valence-electron chi connectivity index (χ2n) is 3.65. The second kappa shape index (κ2) is 4.39. The first-order valence-electron chi connectivity index (χ1n) is 4.08. The molecule has 76 valence electrons. The highest BCUT2D eigenvalue weighted by molar-refractivity contribution is 5.92. The zero-order valence-electron chi connectivity index (χ0n) is 8.29. The van der Waals surface area contributed by atoms with Gasteiger partial charge in [0, 0.05) is 5.57 Å². The van der Waals surface area contributed by atoms with E-state index >= 15 is 0 Å². The summed E-state index contributed by atoms with van der Waals surface area (Å²) in [5, 5.41) is 20.6. The first-order chi connectivity index (χ1) is 5.81. The summed E-state index contributed by atoms with van der Waals surface area (Å²) in [4.78, 5) is 11.2. The molecule has 13 heavy (non-hydrogen) atoms. The molecule has 0 saturated carbocycles. The average molecular weight is 187 g/mol. The SMILES string of the molecule is C=C(C)C(=O)NC(C)(C)C(O)CO. The van der Waals surface area contributed by atoms with E-state index in [0.717, 1.165) is 0 Å². The van der Waals surface area contributed by atoms with Crippen LogP contribution in [0.1, 0.15) is 20.8 Å². The Morgan fingerprint density at radius 2 is 2.08 bits per heavy atom. The fourth-order valence-corrected chi connectivity index (χ4v) is 0.711. The molecule has 1 amide bonds. The van der Waals surface area contributed by atoms with Crippen LogP contribution in [0, 0.1) is 0 Å². The Kier molecular flexibility index (Phi) is 4.10. The lowest BCUT2D eigenvalue weighted by Gasteiger charge is -2.30. The van der Waals surface area contributed by atoms with Gasteiger partial charge in [-0.05, 0) is 20.8 Å². The van der Waals surface area contributed by atoms with Gasteiger partial charge < -0.3 is 15.5 Å². The summed E-state index contributed by atoms with van der Waals surface area (Å²) >= 11 is 0. The molecule has 1 unspecified atom stereocenters. The number of carbonyl (C=O) groups excluding carboxylic acids is 1. The fourth-order valence-electron chi connectivity index (χ4n) is 0.711. The minimum absolute atomic E-state index is 0.322. The minimum atomic E-state index is -0.976. The summed E-state index contributed by atoms with van der Waals surface area (Å²) in [5.41, 5.74) is -0.469. The molecule has 3 N–H and O–H groups in total. The lowest BCUT2D eigenvalue weighted by Crippen LogP contribution is -2.53. The summed E-state index contributed by atoms with van der Waals surface area (Å²) in [6, 6.07) is 0. The van der Waals surface area contributed by atoms with Gasteiger partial charge in [0.2, 0.25) is 5.91 Å². The molecule has 0 saturated heterocycles. The van der Waals surface area contributed by atoms with Crippen molar-refractivity contribution in [1.82, 2.24) is 5.32 Å². The maximum Gasteiger partial charge on any atom is 0.246 e. The Morgan fingerprint density at radius 1 is 1.62 bits per heavy atom. The number of aliphatic hydroxyl groups is 2. The molecule has 0 aromatic carbocycles. The van der Waals surface area contributed by atoms with Gasteiger partial charge in [-0.25, -0.2) is 0 Å². The van der Waals surface area contributed by atoms with Crippen molar-refractivity contribution in [2.45, 2.75) is 32.4 Å². The molecule has 0 aliphatic rings. The fraction of sp³-hybridized carbons (Fsp3) is 0.667. The second-order valence-corrected chi connectivity index (χ2v) is 3.65. The third-order valence-electron chi connectivity index (χ3n) is 1.83. The Bertz CT molecular complexity index is 211. The van der Waals surface area contributed by atoms with E-state index < -0.39 is 11.6 Å². The van der Waals surface area contributed by atoms with Crippen LogP contribution in [0.3, 0.4) is 0 Å². The molecular formula is C9H17NO3. The Morgan fingerprint density at radius 3 is 2.38 bits per heavy atom. The van der Waals surface area contributed by atoms with Crippen molar-refractivity contribution in [2.24, 2.45) is 0 Å². The molecule has 0 spiro atoms. The van der Waals surface area contributed by atoms with Crippen LogP contribution in [0.5, 0.6) is 0 Å². The topological polar surface area (TPSA) is 69.6 Å². The highest BCUT2D eigenvalue weighted by Gasteiger charge is 2.28. The standard InChI is InChI=1S/C9H17NO3/c1-6(2)8(13)10-9(3,4)7(12)5-11/h7,11-12H,1,5H2,2-4H3,(H,10,13). The van der Waals surface area contributed by atoms with Crippen molar-refractivity contribution in [3.05, 3.63) is 12.2 Å². The largest absolute Gasteiger partial charge is 0.394 e. The smallest absolute Gasteiger partial charge is 0.246 e. The van der Waals surface area contributed by atoms with Crippen LogP contribution in [-0.4, -0.2) is 34.4 Å². The van der Waals surface area contributed by atoms with Crippen molar-refractivity contribution in [3.8, 4) is 0 Å². The van der Waals surface area contributed by atoms with Gasteiger partial charge in [0.1, 0.15) is 0 Å². The maximum absolute atomic E-state index is 11.2. The highest BCUT2D eigenvalue weighted by Crippen LogP contribution is 2.09. The van der Waals surface area contributed by atoms with Crippen molar-refractivity contribution in [1.29, 1.82) is 0 Å². The van der Waals surface area contributed by atoms with Crippen molar-refractivity contribution in [2.75, 3.05) is 6.61 Å². The van der Waals surface area contributed by atoms with Crippen molar-refractivity contribution in [3.63, 3.8) is 0 Å². The zero-order chi connectivity index (χ0) is 10.6. The van der Waals surface area contributed by atoms with E-state index in [1.165, 1.54) is 0 Å². The van der Waals surface area contributed by atoms with E-state index in [1.54, 1.807) is 20.8 Å². The lowest BCUT2D eigenvalue weighted by atomic mass is 9.97. The van der Waals surface area contributed by atoms with E-state index in [4.69, 9.17) is 5.11 Å². The van der Waals surface area contributed by atoms with Crippen LogP contribution in [0.15, 0.2) is 12.2 Å². The van der Waals surface area contributed by atoms with E-state index in [-0.39, 0.29) is 12.5 Å². The number of hydrogen-bond donors (Lipinski definition) is 3. The molecular weight excluding hydrogens is 170 g/mol. The lowest BCUT2D eigenvalue weighted by molar-refractivity contribution is -0.120. The first-order valence-corrected chi connectivity index (χ1v) is 4.08. The number of amides is 1. The number of carbonyl (C=O) groups is 1. The number of nitrogens with one attached hydrogen (secondary N) is 1. The van der Waals surface area contributed by atoms with E-state index in [2.05, 4.69) is 11.9 Å². The quantitative estimate of drug-likeness (QED) is 0.534. The van der Waals surface area contributed by atoms with Crippen LogP contribution >= 0.6 is 0 Å². The van der Waals surface area contributed by atoms with Gasteiger partial charge in [0.15, 0.2) is 0 Å². The predicted molar refractivity (Wildman–Crippen MR) is 50.1 cm³/mol. The van der Waals surface area contributed by atoms with Crippen molar-refractivity contribution >= 4 is 5.91 Å². The summed E-state index contributed by atoms with van der Waals surface area (Å²) in [7, 11) is 0. The van der Waals surface area contributed by atoms with Crippen LogP contribution in [0.4, 0.5) is 0 Å². The number of rotatable bonds is 4. The highest BCUT2D eigenvalue weighted by atomic mass is 16.3. The van der Waals surface area contributed by atoms with Crippen molar-refractivity contribution < 1.29 is 15.0 Å². The van der Waals surface area contributed by atoms with E-state index in [1.807, 2.05) is 0 Å².